The van der Waals surface area contributed by atoms with Crippen molar-refractivity contribution < 1.29 is 13.7 Å². The molecule has 0 spiro atoms. The molecule has 1 N–H and O–H groups in total. The van der Waals surface area contributed by atoms with Gasteiger partial charge in [-0.25, -0.2) is 4.39 Å². The van der Waals surface area contributed by atoms with Crippen molar-refractivity contribution in [2.24, 2.45) is 0 Å². The molecule has 4 aromatic rings. The molecule has 0 atom stereocenters. The van der Waals surface area contributed by atoms with Crippen LogP contribution in [0.1, 0.15) is 38.8 Å². The molecule has 4 rings (SSSR count). The van der Waals surface area contributed by atoms with Crippen molar-refractivity contribution in [3.63, 3.8) is 0 Å². The summed E-state index contributed by atoms with van der Waals surface area (Å²) in [5.41, 5.74) is 3.54. The van der Waals surface area contributed by atoms with Crippen molar-refractivity contribution in [1.29, 1.82) is 0 Å². The Bertz CT molecular complexity index is 1260. The molecule has 0 radical (unpaired) electrons. The number of anilines is 1. The second-order valence-corrected chi connectivity index (χ2v) is 7.60. The topological polar surface area (TPSA) is 90.8 Å². The molecule has 0 saturated heterocycles. The molecule has 0 bridgehead atoms. The fraction of sp³-hybridized carbons (Fsp3) is 0.238. The molecule has 3 heterocycles. The van der Waals surface area contributed by atoms with Gasteiger partial charge in [0.15, 0.2) is 5.69 Å². The van der Waals surface area contributed by atoms with Gasteiger partial charge in [0.25, 0.3) is 5.91 Å². The molecule has 0 unspecified atom stereocenters. The molecule has 0 aliphatic rings. The maximum atomic E-state index is 13.4. The predicted molar refractivity (Wildman–Crippen MR) is 113 cm³/mol. The quantitative estimate of drug-likeness (QED) is 0.484. The lowest BCUT2D eigenvalue weighted by Crippen LogP contribution is -2.16. The normalized spacial score (nSPS) is 11.1. The van der Waals surface area contributed by atoms with Gasteiger partial charge in [-0.3, -0.25) is 14.2 Å². The number of carbonyl (C=O) groups is 1. The highest BCUT2D eigenvalue weighted by Crippen LogP contribution is 2.22. The van der Waals surface area contributed by atoms with Crippen LogP contribution in [0.5, 0.6) is 0 Å². The summed E-state index contributed by atoms with van der Waals surface area (Å²) in [6, 6.07) is 6.27. The van der Waals surface area contributed by atoms with Crippen molar-refractivity contribution in [2.75, 3.05) is 5.32 Å². The van der Waals surface area contributed by atoms with Crippen LogP contribution in [0.15, 0.2) is 41.2 Å². The molecule has 160 valence electrons. The van der Waals surface area contributed by atoms with Crippen LogP contribution >= 0.6 is 11.6 Å². The number of nitrogens with zero attached hydrogens (tertiary/aromatic N) is 5. The molecular weight excluding hydrogens is 423 g/mol. The van der Waals surface area contributed by atoms with Gasteiger partial charge in [-0.15, -0.1) is 0 Å². The van der Waals surface area contributed by atoms with E-state index in [4.69, 9.17) is 16.1 Å². The van der Waals surface area contributed by atoms with Gasteiger partial charge in [0.2, 0.25) is 0 Å². The van der Waals surface area contributed by atoms with E-state index in [2.05, 4.69) is 20.7 Å². The molecule has 1 amide bonds. The van der Waals surface area contributed by atoms with Gasteiger partial charge in [-0.2, -0.15) is 10.2 Å². The first-order valence-electron chi connectivity index (χ1n) is 9.54. The van der Waals surface area contributed by atoms with Gasteiger partial charge in [-0.1, -0.05) is 28.9 Å². The Morgan fingerprint density at radius 1 is 1.26 bits per heavy atom. The third-order valence-electron chi connectivity index (χ3n) is 4.93. The first-order valence-corrected chi connectivity index (χ1v) is 9.92. The molecular formula is C21H20ClFN6O2. The first-order chi connectivity index (χ1) is 14.8. The fourth-order valence-corrected chi connectivity index (χ4v) is 3.40. The Morgan fingerprint density at radius 3 is 2.77 bits per heavy atom. The lowest BCUT2D eigenvalue weighted by molar-refractivity contribution is 0.101. The third-order valence-corrected chi connectivity index (χ3v) is 5.47. The number of hydrogen-bond donors (Lipinski definition) is 1. The lowest BCUT2D eigenvalue weighted by Gasteiger charge is -2.06. The van der Waals surface area contributed by atoms with E-state index < -0.39 is 5.91 Å². The Labute approximate surface area is 182 Å². The summed E-state index contributed by atoms with van der Waals surface area (Å²) in [5, 5.41) is 15.9. The highest BCUT2D eigenvalue weighted by molar-refractivity contribution is 6.31. The molecule has 8 nitrogen and oxygen atoms in total. The summed E-state index contributed by atoms with van der Waals surface area (Å²) >= 11 is 6.23. The summed E-state index contributed by atoms with van der Waals surface area (Å²) in [4.78, 5) is 12.8. The van der Waals surface area contributed by atoms with E-state index in [0.717, 1.165) is 11.3 Å². The second kappa shape index (κ2) is 8.35. The van der Waals surface area contributed by atoms with E-state index >= 15 is 0 Å². The number of nitrogens with one attached hydrogen (secondary N) is 1. The maximum Gasteiger partial charge on any atom is 0.278 e. The second-order valence-electron chi connectivity index (χ2n) is 7.22. The largest absolute Gasteiger partial charge is 0.361 e. The molecule has 0 saturated carbocycles. The van der Waals surface area contributed by atoms with Crippen molar-refractivity contribution in [2.45, 2.75) is 33.9 Å². The average Bonchev–Trinajstić information content (AvgIpc) is 3.38. The molecule has 0 aliphatic carbocycles. The standard InChI is InChI=1S/C21H20ClFN6O2/c1-12-19(22)13(2)29(26-12)11-18-14(3)31-27-20(18)21(30)25-17-8-24-28(10-17)9-15-5-4-6-16(23)7-15/h4-8,10H,9,11H2,1-3H3,(H,25,30). The molecule has 1 aromatic carbocycles. The molecule has 0 aliphatic heterocycles. The van der Waals surface area contributed by atoms with E-state index in [1.54, 1.807) is 34.6 Å². The van der Waals surface area contributed by atoms with Crippen LogP contribution in [0.3, 0.4) is 0 Å². The lowest BCUT2D eigenvalue weighted by atomic mass is 10.2. The third kappa shape index (κ3) is 4.36. The number of benzene rings is 1. The zero-order chi connectivity index (χ0) is 22.1. The Balaban J connectivity index is 1.50. The SMILES string of the molecule is Cc1nn(Cc2c(C(=O)Nc3cnn(Cc4cccc(F)c4)c3)noc2C)c(C)c1Cl. The number of rotatable bonds is 6. The van der Waals surface area contributed by atoms with Gasteiger partial charge >= 0.3 is 0 Å². The smallest absolute Gasteiger partial charge is 0.278 e. The van der Waals surface area contributed by atoms with Gasteiger partial charge < -0.3 is 9.84 Å². The highest BCUT2D eigenvalue weighted by Gasteiger charge is 2.22. The molecule has 3 aromatic heterocycles. The fourth-order valence-electron chi connectivity index (χ4n) is 3.26. The van der Waals surface area contributed by atoms with Crippen LogP contribution in [0.4, 0.5) is 10.1 Å². The monoisotopic (exact) mass is 442 g/mol. The average molecular weight is 443 g/mol. The number of amides is 1. The van der Waals surface area contributed by atoms with Crippen LogP contribution in [-0.4, -0.2) is 30.6 Å². The first kappa shape index (κ1) is 20.8. The number of aromatic nitrogens is 5. The minimum absolute atomic E-state index is 0.166. The van der Waals surface area contributed by atoms with Gasteiger partial charge in [0.05, 0.1) is 41.4 Å². The van der Waals surface area contributed by atoms with Crippen molar-refractivity contribution in [1.82, 2.24) is 24.7 Å². The van der Waals surface area contributed by atoms with E-state index in [1.807, 2.05) is 13.8 Å². The number of halogens is 2. The molecule has 31 heavy (non-hydrogen) atoms. The maximum absolute atomic E-state index is 13.4. The summed E-state index contributed by atoms with van der Waals surface area (Å²) in [7, 11) is 0. The van der Waals surface area contributed by atoms with Gasteiger partial charge in [0, 0.05) is 11.8 Å². The molecule has 10 heteroatoms. The van der Waals surface area contributed by atoms with E-state index in [1.165, 1.54) is 18.3 Å². The minimum atomic E-state index is -0.426. The zero-order valence-electron chi connectivity index (χ0n) is 17.2. The van der Waals surface area contributed by atoms with Crippen molar-refractivity contribution in [3.8, 4) is 0 Å². The minimum Gasteiger partial charge on any atom is -0.361 e. The Morgan fingerprint density at radius 2 is 2.06 bits per heavy atom. The van der Waals surface area contributed by atoms with Crippen molar-refractivity contribution >= 4 is 23.2 Å². The van der Waals surface area contributed by atoms with Gasteiger partial charge in [-0.05, 0) is 38.5 Å². The Hall–Kier alpha value is -3.46. The number of aryl methyl sites for hydroxylation is 2. The molecule has 0 fully saturated rings. The van der Waals surface area contributed by atoms with Crippen LogP contribution in [0, 0.1) is 26.6 Å². The van der Waals surface area contributed by atoms with E-state index in [0.29, 0.717) is 40.8 Å². The van der Waals surface area contributed by atoms with Gasteiger partial charge in [0.1, 0.15) is 11.6 Å². The van der Waals surface area contributed by atoms with E-state index in [9.17, 15) is 9.18 Å². The highest BCUT2D eigenvalue weighted by atomic mass is 35.5. The van der Waals surface area contributed by atoms with Crippen LogP contribution in [0.2, 0.25) is 5.02 Å². The zero-order valence-corrected chi connectivity index (χ0v) is 17.9. The van der Waals surface area contributed by atoms with Crippen molar-refractivity contribution in [3.05, 3.63) is 81.5 Å². The summed E-state index contributed by atoms with van der Waals surface area (Å²) in [6.45, 7) is 6.10. The van der Waals surface area contributed by atoms with E-state index in [-0.39, 0.29) is 11.5 Å². The summed E-state index contributed by atoms with van der Waals surface area (Å²) in [5.74, 6) is -0.212. The summed E-state index contributed by atoms with van der Waals surface area (Å²) < 4.78 is 21.9. The van der Waals surface area contributed by atoms with Crippen LogP contribution in [0.25, 0.3) is 0 Å². The number of carbonyl (C=O) groups excluding carboxylic acids is 1. The number of hydrogen-bond acceptors (Lipinski definition) is 5. The predicted octanol–water partition coefficient (Wildman–Crippen LogP) is 4.13. The summed E-state index contributed by atoms with van der Waals surface area (Å²) in [6.07, 6.45) is 3.18. The van der Waals surface area contributed by atoms with Crippen LogP contribution < -0.4 is 5.32 Å². The van der Waals surface area contributed by atoms with Crippen LogP contribution in [-0.2, 0) is 13.1 Å². The Kier molecular flexibility index (Phi) is 5.60.